The van der Waals surface area contributed by atoms with Gasteiger partial charge in [-0.15, -0.1) is 0 Å². The molecule has 2 aliphatic rings. The highest BCUT2D eigenvalue weighted by Crippen LogP contribution is 2.25. The van der Waals surface area contributed by atoms with E-state index < -0.39 is 0 Å². The maximum absolute atomic E-state index is 11.9. The highest BCUT2D eigenvalue weighted by Gasteiger charge is 2.27. The third-order valence-electron chi connectivity index (χ3n) is 4.67. The van der Waals surface area contributed by atoms with Crippen molar-refractivity contribution < 1.29 is 4.79 Å². The zero-order chi connectivity index (χ0) is 13.7. The van der Waals surface area contributed by atoms with E-state index in [1.807, 2.05) is 0 Å². The van der Waals surface area contributed by atoms with Gasteiger partial charge < -0.3 is 15.1 Å². The van der Waals surface area contributed by atoms with Crippen LogP contribution in [0.3, 0.4) is 0 Å². The van der Waals surface area contributed by atoms with E-state index in [1.165, 1.54) is 38.6 Å². The van der Waals surface area contributed by atoms with E-state index >= 15 is 0 Å². The van der Waals surface area contributed by atoms with Crippen LogP contribution in [0.2, 0.25) is 0 Å². The van der Waals surface area contributed by atoms with Crippen molar-refractivity contribution >= 4 is 5.91 Å². The normalized spacial score (nSPS) is 28.0. The van der Waals surface area contributed by atoms with Gasteiger partial charge in [-0.05, 0) is 25.8 Å². The predicted molar refractivity (Wildman–Crippen MR) is 78.1 cm³/mol. The number of rotatable bonds is 3. The molecule has 1 aliphatic heterocycles. The topological polar surface area (TPSA) is 35.6 Å². The maximum atomic E-state index is 11.9. The van der Waals surface area contributed by atoms with E-state index in [4.69, 9.17) is 0 Å². The first-order chi connectivity index (χ1) is 9.19. The second kappa shape index (κ2) is 7.25. The van der Waals surface area contributed by atoms with Crippen molar-refractivity contribution in [3.63, 3.8) is 0 Å². The summed E-state index contributed by atoms with van der Waals surface area (Å²) in [5, 5.41) is 2.81. The molecule has 19 heavy (non-hydrogen) atoms. The van der Waals surface area contributed by atoms with Crippen LogP contribution in [0.15, 0.2) is 0 Å². The van der Waals surface area contributed by atoms with Gasteiger partial charge in [-0.25, -0.2) is 0 Å². The van der Waals surface area contributed by atoms with Crippen molar-refractivity contribution in [1.29, 1.82) is 0 Å². The summed E-state index contributed by atoms with van der Waals surface area (Å²) in [6.07, 6.45) is 6.99. The van der Waals surface area contributed by atoms with Crippen LogP contribution in [0, 0.1) is 11.8 Å². The highest BCUT2D eigenvalue weighted by atomic mass is 16.1. The van der Waals surface area contributed by atoms with Crippen molar-refractivity contribution in [2.24, 2.45) is 11.8 Å². The number of nitrogens with zero attached hydrogens (tertiary/aromatic N) is 2. The summed E-state index contributed by atoms with van der Waals surface area (Å²) in [5.74, 6) is 1.19. The maximum Gasteiger partial charge on any atom is 0.225 e. The lowest BCUT2D eigenvalue weighted by molar-refractivity contribution is -0.125. The van der Waals surface area contributed by atoms with Crippen molar-refractivity contribution in [2.75, 3.05) is 46.8 Å². The van der Waals surface area contributed by atoms with E-state index in [0.717, 1.165) is 32.1 Å². The summed E-state index contributed by atoms with van der Waals surface area (Å²) in [4.78, 5) is 16.8. The Morgan fingerprint density at radius 1 is 1.16 bits per heavy atom. The molecule has 4 heteroatoms. The zero-order valence-electron chi connectivity index (χ0n) is 12.5. The van der Waals surface area contributed by atoms with Gasteiger partial charge in [0.15, 0.2) is 0 Å². The van der Waals surface area contributed by atoms with Gasteiger partial charge in [-0.3, -0.25) is 4.79 Å². The predicted octanol–water partition coefficient (Wildman–Crippen LogP) is 1.18. The summed E-state index contributed by atoms with van der Waals surface area (Å²) in [6, 6.07) is 0. The molecule has 1 heterocycles. The largest absolute Gasteiger partial charge is 0.359 e. The van der Waals surface area contributed by atoms with Crippen LogP contribution in [0.4, 0.5) is 0 Å². The van der Waals surface area contributed by atoms with Gasteiger partial charge >= 0.3 is 0 Å². The Balaban J connectivity index is 1.89. The van der Waals surface area contributed by atoms with Crippen LogP contribution >= 0.6 is 0 Å². The standard InChI is InChI=1S/C15H29N3O/c1-16-15(19)14-11-17(2)8-9-18(12-14)10-13-6-4-3-5-7-13/h13-14H,3-12H2,1-2H3,(H,16,19)/t14-/m0/s1. The van der Waals surface area contributed by atoms with E-state index in [2.05, 4.69) is 22.2 Å². The molecule has 0 spiro atoms. The van der Waals surface area contributed by atoms with Gasteiger partial charge in [0.1, 0.15) is 0 Å². The van der Waals surface area contributed by atoms with Crippen LogP contribution in [-0.2, 0) is 4.79 Å². The van der Waals surface area contributed by atoms with E-state index in [-0.39, 0.29) is 11.8 Å². The number of likely N-dealkylation sites (N-methyl/N-ethyl adjacent to an activating group) is 1. The Morgan fingerprint density at radius 3 is 2.58 bits per heavy atom. The quantitative estimate of drug-likeness (QED) is 0.834. The number of hydrogen-bond donors (Lipinski definition) is 1. The second-order valence-corrected chi connectivity index (χ2v) is 6.34. The third-order valence-corrected chi connectivity index (χ3v) is 4.67. The fourth-order valence-electron chi connectivity index (χ4n) is 3.51. The Hall–Kier alpha value is -0.610. The smallest absolute Gasteiger partial charge is 0.225 e. The molecule has 0 aromatic heterocycles. The van der Waals surface area contributed by atoms with Gasteiger partial charge in [0.2, 0.25) is 5.91 Å². The summed E-state index contributed by atoms with van der Waals surface area (Å²) in [6.45, 7) is 5.21. The fraction of sp³-hybridized carbons (Fsp3) is 0.933. The average molecular weight is 267 g/mol. The Kier molecular flexibility index (Phi) is 5.64. The summed E-state index contributed by atoms with van der Waals surface area (Å²) < 4.78 is 0. The molecule has 0 unspecified atom stereocenters. The molecular weight excluding hydrogens is 238 g/mol. The van der Waals surface area contributed by atoms with E-state index in [1.54, 1.807) is 7.05 Å². The Morgan fingerprint density at radius 2 is 1.89 bits per heavy atom. The minimum absolute atomic E-state index is 0.126. The fourth-order valence-corrected chi connectivity index (χ4v) is 3.51. The number of hydrogen-bond acceptors (Lipinski definition) is 3. The Bertz CT molecular complexity index is 289. The minimum Gasteiger partial charge on any atom is -0.359 e. The van der Waals surface area contributed by atoms with Crippen LogP contribution < -0.4 is 5.32 Å². The average Bonchev–Trinajstić information content (AvgIpc) is 2.61. The number of nitrogens with one attached hydrogen (secondary N) is 1. The molecule has 0 aromatic rings. The molecule has 1 saturated carbocycles. The monoisotopic (exact) mass is 267 g/mol. The number of amides is 1. The molecule has 0 radical (unpaired) electrons. The lowest BCUT2D eigenvalue weighted by Crippen LogP contribution is -2.40. The van der Waals surface area contributed by atoms with E-state index in [9.17, 15) is 4.79 Å². The van der Waals surface area contributed by atoms with Gasteiger partial charge in [-0.2, -0.15) is 0 Å². The zero-order valence-corrected chi connectivity index (χ0v) is 12.5. The van der Waals surface area contributed by atoms with Crippen molar-refractivity contribution in [3.05, 3.63) is 0 Å². The molecule has 1 saturated heterocycles. The number of carbonyl (C=O) groups excluding carboxylic acids is 1. The van der Waals surface area contributed by atoms with E-state index in [0.29, 0.717) is 0 Å². The van der Waals surface area contributed by atoms with Crippen LogP contribution in [0.1, 0.15) is 32.1 Å². The molecule has 2 rings (SSSR count). The lowest BCUT2D eigenvalue weighted by Gasteiger charge is -2.29. The molecule has 0 bridgehead atoms. The first-order valence-corrected chi connectivity index (χ1v) is 7.81. The highest BCUT2D eigenvalue weighted by molar-refractivity contribution is 5.78. The molecule has 110 valence electrons. The number of carbonyl (C=O) groups is 1. The minimum atomic E-state index is 0.126. The lowest BCUT2D eigenvalue weighted by atomic mass is 9.89. The molecule has 2 fully saturated rings. The molecule has 4 nitrogen and oxygen atoms in total. The van der Waals surface area contributed by atoms with Gasteiger partial charge in [0.05, 0.1) is 5.92 Å². The van der Waals surface area contributed by atoms with Crippen molar-refractivity contribution in [1.82, 2.24) is 15.1 Å². The summed E-state index contributed by atoms with van der Waals surface area (Å²) in [7, 11) is 3.87. The van der Waals surface area contributed by atoms with Crippen LogP contribution in [-0.4, -0.2) is 62.5 Å². The van der Waals surface area contributed by atoms with Crippen LogP contribution in [0.25, 0.3) is 0 Å². The SMILES string of the molecule is CNC(=O)[C@H]1CN(C)CCN(CC2CCCCC2)C1. The van der Waals surface area contributed by atoms with Gasteiger partial charge in [0.25, 0.3) is 0 Å². The second-order valence-electron chi connectivity index (χ2n) is 6.34. The molecule has 1 N–H and O–H groups in total. The summed E-state index contributed by atoms with van der Waals surface area (Å²) >= 11 is 0. The Labute approximate surface area is 117 Å². The van der Waals surface area contributed by atoms with Gasteiger partial charge in [0, 0.05) is 39.8 Å². The molecule has 1 atom stereocenters. The molecule has 1 aliphatic carbocycles. The van der Waals surface area contributed by atoms with Gasteiger partial charge in [-0.1, -0.05) is 19.3 Å². The first kappa shape index (κ1) is 14.8. The molecule has 1 amide bonds. The van der Waals surface area contributed by atoms with Crippen molar-refractivity contribution in [3.8, 4) is 0 Å². The molecular formula is C15H29N3O. The first-order valence-electron chi connectivity index (χ1n) is 7.81. The third kappa shape index (κ3) is 4.46. The summed E-state index contributed by atoms with van der Waals surface area (Å²) in [5.41, 5.74) is 0. The van der Waals surface area contributed by atoms with Crippen molar-refractivity contribution in [2.45, 2.75) is 32.1 Å². The van der Waals surface area contributed by atoms with Crippen LogP contribution in [0.5, 0.6) is 0 Å². The molecule has 0 aromatic carbocycles.